The third-order valence-corrected chi connectivity index (χ3v) is 2.46. The van der Waals surface area contributed by atoms with Crippen LogP contribution in [0.25, 0.3) is 6.08 Å². The van der Waals surface area contributed by atoms with Crippen LogP contribution in [-0.2, 0) is 4.74 Å². The summed E-state index contributed by atoms with van der Waals surface area (Å²) in [5.74, 6) is 0. The molecule has 0 saturated carbocycles. The van der Waals surface area contributed by atoms with Crippen molar-refractivity contribution in [3.8, 4) is 0 Å². The molecule has 0 spiro atoms. The van der Waals surface area contributed by atoms with Gasteiger partial charge in [-0.05, 0) is 38.6 Å². The smallest absolute Gasteiger partial charge is 0.0627 e. The lowest BCUT2D eigenvalue weighted by molar-refractivity contribution is 0.125. The van der Waals surface area contributed by atoms with Crippen molar-refractivity contribution in [2.45, 2.75) is 13.8 Å². The van der Waals surface area contributed by atoms with E-state index in [9.17, 15) is 0 Å². The Morgan fingerprint density at radius 1 is 1.41 bits per heavy atom. The third-order valence-electron chi connectivity index (χ3n) is 2.46. The van der Waals surface area contributed by atoms with Crippen molar-refractivity contribution >= 4 is 6.08 Å². The van der Waals surface area contributed by atoms with Crippen LogP contribution in [0, 0.1) is 6.92 Å². The lowest BCUT2D eigenvalue weighted by atomic mass is 10.2. The maximum Gasteiger partial charge on any atom is 0.0627 e. The Morgan fingerprint density at radius 3 is 2.88 bits per heavy atom. The summed E-state index contributed by atoms with van der Waals surface area (Å²) in [4.78, 5) is 6.54. The van der Waals surface area contributed by atoms with E-state index >= 15 is 0 Å². The zero-order valence-electron chi connectivity index (χ0n) is 11.0. The molecule has 0 aliphatic rings. The van der Waals surface area contributed by atoms with Gasteiger partial charge < -0.3 is 9.64 Å². The van der Waals surface area contributed by atoms with Crippen molar-refractivity contribution in [2.24, 2.45) is 0 Å². The highest BCUT2D eigenvalue weighted by molar-refractivity contribution is 5.44. The fourth-order valence-electron chi connectivity index (χ4n) is 1.39. The summed E-state index contributed by atoms with van der Waals surface area (Å²) in [5.41, 5.74) is 2.20. The Labute approximate surface area is 104 Å². The van der Waals surface area contributed by atoms with Crippen molar-refractivity contribution in [3.63, 3.8) is 0 Å². The van der Waals surface area contributed by atoms with Crippen LogP contribution in [0.15, 0.2) is 24.4 Å². The largest absolute Gasteiger partial charge is 0.380 e. The maximum absolute atomic E-state index is 5.30. The molecule has 0 unspecified atom stereocenters. The van der Waals surface area contributed by atoms with E-state index in [4.69, 9.17) is 4.74 Å². The van der Waals surface area contributed by atoms with Gasteiger partial charge >= 0.3 is 0 Å². The minimum absolute atomic E-state index is 0.789. The highest BCUT2D eigenvalue weighted by Crippen LogP contribution is 2.00. The maximum atomic E-state index is 5.30. The molecule has 0 amide bonds. The number of aromatic nitrogens is 1. The molecule has 0 bridgehead atoms. The first-order valence-corrected chi connectivity index (χ1v) is 6.08. The molecule has 0 aliphatic heterocycles. The molecule has 0 aliphatic carbocycles. The average molecular weight is 234 g/mol. The van der Waals surface area contributed by atoms with Crippen LogP contribution in [0.5, 0.6) is 0 Å². The molecule has 0 aromatic carbocycles. The topological polar surface area (TPSA) is 25.4 Å². The molecule has 94 valence electrons. The summed E-state index contributed by atoms with van der Waals surface area (Å²) >= 11 is 0. The van der Waals surface area contributed by atoms with Gasteiger partial charge in [-0.25, -0.2) is 0 Å². The number of hydrogen-bond donors (Lipinski definition) is 0. The number of likely N-dealkylation sites (N-methyl/N-ethyl adjacent to an activating group) is 1. The van der Waals surface area contributed by atoms with E-state index in [0.717, 1.165) is 32.0 Å². The van der Waals surface area contributed by atoms with Gasteiger partial charge in [-0.15, -0.1) is 0 Å². The molecule has 1 heterocycles. The molecular formula is C14H22N2O. The minimum Gasteiger partial charge on any atom is -0.380 e. The van der Waals surface area contributed by atoms with E-state index < -0.39 is 0 Å². The molecule has 0 N–H and O–H groups in total. The third kappa shape index (κ3) is 6.19. The van der Waals surface area contributed by atoms with Crippen molar-refractivity contribution in [3.05, 3.63) is 35.7 Å². The SMILES string of the molecule is CCOCCN(C)C/C=C/c1ccc(C)cn1. The van der Waals surface area contributed by atoms with E-state index in [0.29, 0.717) is 0 Å². The minimum atomic E-state index is 0.789. The molecular weight excluding hydrogens is 212 g/mol. The van der Waals surface area contributed by atoms with Crippen LogP contribution in [-0.4, -0.2) is 43.2 Å². The van der Waals surface area contributed by atoms with Gasteiger partial charge in [0.15, 0.2) is 0 Å². The van der Waals surface area contributed by atoms with Crippen LogP contribution >= 0.6 is 0 Å². The van der Waals surface area contributed by atoms with Crippen molar-refractivity contribution in [1.29, 1.82) is 0 Å². The predicted octanol–water partition coefficient (Wildman–Crippen LogP) is 2.37. The molecule has 17 heavy (non-hydrogen) atoms. The first-order valence-electron chi connectivity index (χ1n) is 6.08. The van der Waals surface area contributed by atoms with E-state index in [1.807, 2.05) is 26.1 Å². The Bertz CT molecular complexity index is 333. The lowest BCUT2D eigenvalue weighted by Gasteiger charge is -2.13. The Hall–Kier alpha value is -1.19. The number of ether oxygens (including phenoxy) is 1. The zero-order chi connectivity index (χ0) is 12.5. The van der Waals surface area contributed by atoms with Crippen LogP contribution in [0.2, 0.25) is 0 Å². The molecule has 1 aromatic rings. The highest BCUT2D eigenvalue weighted by Gasteiger charge is 1.94. The second-order valence-corrected chi connectivity index (χ2v) is 4.12. The highest BCUT2D eigenvalue weighted by atomic mass is 16.5. The number of aryl methyl sites for hydroxylation is 1. The normalized spacial score (nSPS) is 11.5. The van der Waals surface area contributed by atoms with Crippen LogP contribution in [0.4, 0.5) is 0 Å². The predicted molar refractivity (Wildman–Crippen MR) is 72.0 cm³/mol. The fourth-order valence-corrected chi connectivity index (χ4v) is 1.39. The molecule has 0 radical (unpaired) electrons. The summed E-state index contributed by atoms with van der Waals surface area (Å²) < 4.78 is 5.30. The van der Waals surface area contributed by atoms with Crippen molar-refractivity contribution in [1.82, 2.24) is 9.88 Å². The first-order chi connectivity index (χ1) is 8.22. The van der Waals surface area contributed by atoms with Crippen LogP contribution < -0.4 is 0 Å². The molecule has 3 heteroatoms. The first kappa shape index (κ1) is 13.9. The molecule has 3 nitrogen and oxygen atoms in total. The number of hydrogen-bond acceptors (Lipinski definition) is 3. The molecule has 1 aromatic heterocycles. The Kier molecular flexibility index (Phi) is 6.51. The summed E-state index contributed by atoms with van der Waals surface area (Å²) in [6, 6.07) is 4.11. The summed E-state index contributed by atoms with van der Waals surface area (Å²) in [5, 5.41) is 0. The van der Waals surface area contributed by atoms with E-state index in [2.05, 4.69) is 35.1 Å². The quantitative estimate of drug-likeness (QED) is 0.677. The van der Waals surface area contributed by atoms with Gasteiger partial charge in [0.1, 0.15) is 0 Å². The monoisotopic (exact) mass is 234 g/mol. The van der Waals surface area contributed by atoms with Crippen LogP contribution in [0.1, 0.15) is 18.2 Å². The molecule has 0 fully saturated rings. The van der Waals surface area contributed by atoms with Gasteiger partial charge in [-0.1, -0.05) is 12.1 Å². The second kappa shape index (κ2) is 7.98. The van der Waals surface area contributed by atoms with Gasteiger partial charge in [0.2, 0.25) is 0 Å². The molecule has 1 rings (SSSR count). The van der Waals surface area contributed by atoms with Gasteiger partial charge in [-0.2, -0.15) is 0 Å². The summed E-state index contributed by atoms with van der Waals surface area (Å²) in [6.07, 6.45) is 6.07. The van der Waals surface area contributed by atoms with Crippen molar-refractivity contribution in [2.75, 3.05) is 33.4 Å². The summed E-state index contributed by atoms with van der Waals surface area (Å²) in [6.45, 7) is 7.52. The van der Waals surface area contributed by atoms with Gasteiger partial charge in [-0.3, -0.25) is 4.98 Å². The fraction of sp³-hybridized carbons (Fsp3) is 0.500. The standard InChI is InChI=1S/C14H22N2O/c1-4-17-11-10-16(3)9-5-6-14-8-7-13(2)12-15-14/h5-8,12H,4,9-11H2,1-3H3/b6-5+. The zero-order valence-corrected chi connectivity index (χ0v) is 11.0. The molecule has 0 saturated heterocycles. The molecule has 0 atom stereocenters. The van der Waals surface area contributed by atoms with Gasteiger partial charge in [0.25, 0.3) is 0 Å². The van der Waals surface area contributed by atoms with E-state index in [-0.39, 0.29) is 0 Å². The number of rotatable bonds is 7. The summed E-state index contributed by atoms with van der Waals surface area (Å²) in [7, 11) is 2.09. The Morgan fingerprint density at radius 2 is 2.24 bits per heavy atom. The van der Waals surface area contributed by atoms with Crippen LogP contribution in [0.3, 0.4) is 0 Å². The lowest BCUT2D eigenvalue weighted by Crippen LogP contribution is -2.23. The van der Waals surface area contributed by atoms with Gasteiger partial charge in [0, 0.05) is 25.9 Å². The van der Waals surface area contributed by atoms with Gasteiger partial charge in [0.05, 0.1) is 12.3 Å². The number of nitrogens with zero attached hydrogens (tertiary/aromatic N) is 2. The second-order valence-electron chi connectivity index (χ2n) is 4.12. The van der Waals surface area contributed by atoms with E-state index in [1.54, 1.807) is 0 Å². The van der Waals surface area contributed by atoms with Crippen molar-refractivity contribution < 1.29 is 4.74 Å². The number of pyridine rings is 1. The van der Waals surface area contributed by atoms with E-state index in [1.165, 1.54) is 5.56 Å². The Balaban J connectivity index is 2.27. The average Bonchev–Trinajstić information content (AvgIpc) is 2.32.